The quantitative estimate of drug-likeness (QED) is 0.196. The fourth-order valence-electron chi connectivity index (χ4n) is 7.74. The van der Waals surface area contributed by atoms with E-state index in [4.69, 9.17) is 10.5 Å². The summed E-state index contributed by atoms with van der Waals surface area (Å²) in [6.07, 6.45) is 4.56. The number of benzene rings is 2. The van der Waals surface area contributed by atoms with E-state index in [9.17, 15) is 34.8 Å². The zero-order chi connectivity index (χ0) is 34.4. The van der Waals surface area contributed by atoms with Gasteiger partial charge in [0, 0.05) is 29.6 Å². The lowest BCUT2D eigenvalue weighted by atomic mass is 9.58. The molecule has 0 radical (unpaired) electrons. The first kappa shape index (κ1) is 34.2. The van der Waals surface area contributed by atoms with Crippen molar-refractivity contribution < 1.29 is 39.5 Å². The second kappa shape index (κ2) is 13.1. The molecule has 5 rings (SSSR count). The number of phenols is 1. The van der Waals surface area contributed by atoms with E-state index >= 15 is 0 Å². The summed E-state index contributed by atoms with van der Waals surface area (Å²) in [6, 6.07) is 8.34. The number of ether oxygens (including phenoxy) is 1. The number of carbonyl (C=O) groups is 3. The molecule has 2 aromatic carbocycles. The van der Waals surface area contributed by atoms with Crippen LogP contribution in [-0.4, -0.2) is 81.7 Å². The molecule has 0 spiro atoms. The van der Waals surface area contributed by atoms with Crippen LogP contribution in [0.25, 0.3) is 11.1 Å². The van der Waals surface area contributed by atoms with Crippen LogP contribution in [0.5, 0.6) is 11.5 Å². The van der Waals surface area contributed by atoms with Crippen LogP contribution in [0.2, 0.25) is 0 Å². The molecule has 47 heavy (non-hydrogen) atoms. The standard InChI is InChI=1S/C36H45N3O8/c1-6-8-9-20(7-2)38-17-18-10-13-26(47-5)22(14-18)21-11-12-25(40)28-23(21)15-19-16-24-30(39(3)4)32(42)29(35(37)45)34(44)36(24,46)33(43)27(19)31(28)41/h10-14,19-20,24,30,38,40,42-43,46H,6-9,15-17H2,1-5H3,(H2,37,45)/t19-,20?,24-,30-,36-/m0/s1. The molecule has 0 fully saturated rings. The number of nitrogens with zero attached hydrogens (tertiary/aromatic N) is 1. The largest absolute Gasteiger partial charge is 0.510 e. The van der Waals surface area contributed by atoms with Crippen LogP contribution in [0.3, 0.4) is 0 Å². The van der Waals surface area contributed by atoms with Gasteiger partial charge in [0.15, 0.2) is 11.4 Å². The molecular weight excluding hydrogens is 602 g/mol. The van der Waals surface area contributed by atoms with E-state index in [1.54, 1.807) is 27.3 Å². The van der Waals surface area contributed by atoms with Crippen LogP contribution in [0.4, 0.5) is 0 Å². The lowest BCUT2D eigenvalue weighted by molar-refractivity contribution is -0.148. The van der Waals surface area contributed by atoms with Gasteiger partial charge in [0.1, 0.15) is 28.6 Å². The molecule has 2 aromatic rings. The SMILES string of the molecule is CCCCC(CC)NCc1ccc(OC)c(-c2ccc(O)c3c2C[C@H]2C[C@H]4[C@H](N(C)C)C(O)=C(C(N)=O)C(=O)[C@@]4(O)C(O)=C2C3=O)c1. The molecule has 0 saturated carbocycles. The minimum absolute atomic E-state index is 0.0120. The average Bonchev–Trinajstić information content (AvgIpc) is 3.02. The molecule has 0 aromatic heterocycles. The molecule has 7 N–H and O–H groups in total. The van der Waals surface area contributed by atoms with Crippen LogP contribution >= 0.6 is 0 Å². The second-order valence-corrected chi connectivity index (χ2v) is 13.1. The molecule has 0 saturated heterocycles. The van der Waals surface area contributed by atoms with E-state index in [0.717, 1.165) is 36.8 Å². The number of allylic oxidation sites excluding steroid dienone is 1. The first-order valence-electron chi connectivity index (χ1n) is 16.2. The van der Waals surface area contributed by atoms with Crippen molar-refractivity contribution in [1.82, 2.24) is 10.2 Å². The Labute approximate surface area is 274 Å². The number of hydrogen-bond donors (Lipinski definition) is 6. The van der Waals surface area contributed by atoms with E-state index in [0.29, 0.717) is 29.5 Å². The average molecular weight is 648 g/mol. The number of nitrogens with two attached hydrogens (primary N) is 1. The van der Waals surface area contributed by atoms with Gasteiger partial charge in [0.2, 0.25) is 5.78 Å². The number of fused-ring (bicyclic) bond motifs is 3. The van der Waals surface area contributed by atoms with Crippen LogP contribution in [0.1, 0.15) is 67.4 Å². The summed E-state index contributed by atoms with van der Waals surface area (Å²) in [5, 5.41) is 49.1. The second-order valence-electron chi connectivity index (χ2n) is 13.1. The number of hydrogen-bond acceptors (Lipinski definition) is 10. The zero-order valence-electron chi connectivity index (χ0n) is 27.6. The van der Waals surface area contributed by atoms with Crippen molar-refractivity contribution in [3.8, 4) is 22.6 Å². The molecule has 3 aliphatic carbocycles. The molecule has 1 unspecified atom stereocenters. The first-order chi connectivity index (χ1) is 22.3. The Morgan fingerprint density at radius 2 is 1.85 bits per heavy atom. The topological polar surface area (TPSA) is 183 Å². The molecule has 252 valence electrons. The van der Waals surface area contributed by atoms with Gasteiger partial charge >= 0.3 is 0 Å². The fraction of sp³-hybridized carbons (Fsp3) is 0.472. The summed E-state index contributed by atoms with van der Waals surface area (Å²) in [5.74, 6) is -6.25. The maximum absolute atomic E-state index is 14.2. The van der Waals surface area contributed by atoms with Gasteiger partial charge in [-0.15, -0.1) is 0 Å². The van der Waals surface area contributed by atoms with E-state index in [1.165, 1.54) is 11.0 Å². The van der Waals surface area contributed by atoms with Gasteiger partial charge in [-0.1, -0.05) is 38.8 Å². The number of likely N-dealkylation sites (N-methyl/N-ethyl adjacent to an activating group) is 1. The predicted molar refractivity (Wildman–Crippen MR) is 176 cm³/mol. The number of amides is 1. The third-order valence-corrected chi connectivity index (χ3v) is 10.2. The van der Waals surface area contributed by atoms with Crippen molar-refractivity contribution in [3.63, 3.8) is 0 Å². The summed E-state index contributed by atoms with van der Waals surface area (Å²) in [7, 11) is 4.77. The zero-order valence-corrected chi connectivity index (χ0v) is 27.6. The number of rotatable bonds is 11. The van der Waals surface area contributed by atoms with Crippen molar-refractivity contribution in [1.29, 1.82) is 0 Å². The maximum Gasteiger partial charge on any atom is 0.255 e. The number of nitrogens with one attached hydrogen (secondary N) is 1. The molecular formula is C36H45N3O8. The highest BCUT2D eigenvalue weighted by atomic mass is 16.5. The lowest BCUT2D eigenvalue weighted by Crippen LogP contribution is -2.63. The van der Waals surface area contributed by atoms with Crippen molar-refractivity contribution in [2.75, 3.05) is 21.2 Å². The molecule has 3 aliphatic rings. The molecule has 11 nitrogen and oxygen atoms in total. The van der Waals surface area contributed by atoms with E-state index in [1.807, 2.05) is 18.2 Å². The lowest BCUT2D eigenvalue weighted by Gasteiger charge is -2.50. The smallest absolute Gasteiger partial charge is 0.255 e. The number of ketones is 2. The number of aliphatic hydroxyl groups is 3. The number of methoxy groups -OCH3 is 1. The van der Waals surface area contributed by atoms with Crippen molar-refractivity contribution in [2.45, 2.75) is 76.6 Å². The summed E-state index contributed by atoms with van der Waals surface area (Å²) in [4.78, 5) is 41.5. The van der Waals surface area contributed by atoms with Gasteiger partial charge in [0.05, 0.1) is 18.7 Å². The minimum atomic E-state index is -2.68. The van der Waals surface area contributed by atoms with Crippen molar-refractivity contribution in [2.24, 2.45) is 17.6 Å². The maximum atomic E-state index is 14.2. The van der Waals surface area contributed by atoms with E-state index in [2.05, 4.69) is 19.2 Å². The molecule has 5 atom stereocenters. The minimum Gasteiger partial charge on any atom is -0.510 e. The van der Waals surface area contributed by atoms with Crippen molar-refractivity contribution in [3.05, 3.63) is 69.7 Å². The summed E-state index contributed by atoms with van der Waals surface area (Å²) < 4.78 is 5.74. The Hall–Kier alpha value is -4.19. The number of phenolic OH excluding ortho intramolecular Hbond substituents is 1. The normalized spacial score (nSPS) is 24.6. The van der Waals surface area contributed by atoms with Crippen LogP contribution in [0.15, 0.2) is 53.0 Å². The Kier molecular flexibility index (Phi) is 9.54. The van der Waals surface area contributed by atoms with Crippen molar-refractivity contribution >= 4 is 17.5 Å². The highest BCUT2D eigenvalue weighted by Crippen LogP contribution is 2.53. The summed E-state index contributed by atoms with van der Waals surface area (Å²) >= 11 is 0. The van der Waals surface area contributed by atoms with Gasteiger partial charge in [-0.05, 0) is 80.6 Å². The van der Waals surface area contributed by atoms with E-state index in [-0.39, 0.29) is 29.7 Å². The number of aliphatic hydroxyl groups excluding tert-OH is 2. The molecule has 11 heteroatoms. The fourth-order valence-corrected chi connectivity index (χ4v) is 7.74. The Bertz CT molecular complexity index is 1680. The molecule has 0 aliphatic heterocycles. The monoisotopic (exact) mass is 647 g/mol. The Morgan fingerprint density at radius 1 is 1.13 bits per heavy atom. The summed E-state index contributed by atoms with van der Waals surface area (Å²) in [6.45, 7) is 4.97. The number of unbranched alkanes of at least 4 members (excludes halogenated alkanes) is 1. The van der Waals surface area contributed by atoms with Gasteiger partial charge < -0.3 is 36.2 Å². The Balaban J connectivity index is 1.61. The van der Waals surface area contributed by atoms with Gasteiger partial charge in [-0.3, -0.25) is 19.3 Å². The van der Waals surface area contributed by atoms with Crippen LogP contribution < -0.4 is 15.8 Å². The molecule has 0 bridgehead atoms. The van der Waals surface area contributed by atoms with Gasteiger partial charge in [0.25, 0.3) is 5.91 Å². The third kappa shape index (κ3) is 5.60. The van der Waals surface area contributed by atoms with Crippen LogP contribution in [-0.2, 0) is 22.6 Å². The van der Waals surface area contributed by atoms with Crippen LogP contribution in [0, 0.1) is 11.8 Å². The highest BCUT2D eigenvalue weighted by molar-refractivity contribution is 6.25. The van der Waals surface area contributed by atoms with E-state index < -0.39 is 58.0 Å². The molecule has 1 amide bonds. The number of primary amides is 1. The predicted octanol–water partition coefficient (Wildman–Crippen LogP) is 3.85. The molecule has 0 heterocycles. The van der Waals surface area contributed by atoms with Gasteiger partial charge in [-0.25, -0.2) is 0 Å². The third-order valence-electron chi connectivity index (χ3n) is 10.2. The summed E-state index contributed by atoms with van der Waals surface area (Å²) in [5.41, 5.74) is 4.63. The highest BCUT2D eigenvalue weighted by Gasteiger charge is 2.63. The van der Waals surface area contributed by atoms with Gasteiger partial charge in [-0.2, -0.15) is 0 Å². The number of aromatic hydroxyl groups is 1. The first-order valence-corrected chi connectivity index (χ1v) is 16.2. The number of Topliss-reactive ketones (excluding diaryl/α,β-unsaturated/α-hetero) is 2. The Morgan fingerprint density at radius 3 is 2.47 bits per heavy atom. The number of carbonyl (C=O) groups excluding carboxylic acids is 3.